The van der Waals surface area contributed by atoms with Gasteiger partial charge in [-0.3, -0.25) is 4.79 Å². The van der Waals surface area contributed by atoms with Gasteiger partial charge in [0.15, 0.2) is 0 Å². The lowest BCUT2D eigenvalue weighted by Crippen LogP contribution is -2.56. The Kier molecular flexibility index (Phi) is 4.74. The zero-order chi connectivity index (χ0) is 14.6. The SMILES string of the molecule is CCC1(C(=O)O)CCCN1C(=O)NCC(=O)N(C)C. The van der Waals surface area contributed by atoms with Crippen LogP contribution in [-0.4, -0.2) is 65.5 Å². The van der Waals surface area contributed by atoms with E-state index in [-0.39, 0.29) is 12.5 Å². The fraction of sp³-hybridized carbons (Fsp3) is 0.750. The second-order valence-corrected chi connectivity index (χ2v) is 4.89. The molecule has 0 bridgehead atoms. The summed E-state index contributed by atoms with van der Waals surface area (Å²) >= 11 is 0. The van der Waals surface area contributed by atoms with Crippen molar-refractivity contribution < 1.29 is 19.5 Å². The average molecular weight is 271 g/mol. The first-order valence-electron chi connectivity index (χ1n) is 6.34. The van der Waals surface area contributed by atoms with Crippen LogP contribution in [0.3, 0.4) is 0 Å². The molecule has 1 rings (SSSR count). The number of hydrogen-bond donors (Lipinski definition) is 2. The molecule has 0 aromatic heterocycles. The van der Waals surface area contributed by atoms with E-state index in [1.165, 1.54) is 9.80 Å². The molecule has 7 heteroatoms. The average Bonchev–Trinajstić information content (AvgIpc) is 2.80. The number of rotatable bonds is 4. The molecule has 1 fully saturated rings. The van der Waals surface area contributed by atoms with Gasteiger partial charge in [-0.15, -0.1) is 0 Å². The highest BCUT2D eigenvalue weighted by molar-refractivity contribution is 5.89. The van der Waals surface area contributed by atoms with E-state index in [0.29, 0.717) is 25.8 Å². The largest absolute Gasteiger partial charge is 0.479 e. The molecule has 1 heterocycles. The molecule has 3 amide bonds. The number of hydrogen-bond acceptors (Lipinski definition) is 3. The first-order chi connectivity index (χ1) is 8.85. The molecular weight excluding hydrogens is 250 g/mol. The summed E-state index contributed by atoms with van der Waals surface area (Å²) in [5.41, 5.74) is -1.13. The number of carbonyl (C=O) groups excluding carboxylic acids is 2. The molecule has 1 aliphatic heterocycles. The van der Waals surface area contributed by atoms with Gasteiger partial charge in [0.25, 0.3) is 0 Å². The Morgan fingerprint density at radius 2 is 2.00 bits per heavy atom. The standard InChI is InChI=1S/C12H21N3O4/c1-4-12(10(17)18)6-5-7-15(12)11(19)13-8-9(16)14(2)3/h4-8H2,1-3H3,(H,13,19)(H,17,18). The monoisotopic (exact) mass is 271 g/mol. The normalized spacial score (nSPS) is 22.2. The molecule has 2 N–H and O–H groups in total. The number of urea groups is 1. The Morgan fingerprint density at radius 3 is 2.47 bits per heavy atom. The summed E-state index contributed by atoms with van der Waals surface area (Å²) in [6, 6.07) is -0.489. The van der Waals surface area contributed by atoms with Crippen LogP contribution in [-0.2, 0) is 9.59 Å². The van der Waals surface area contributed by atoms with Crippen LogP contribution in [0.15, 0.2) is 0 Å². The van der Waals surface area contributed by atoms with E-state index in [1.807, 2.05) is 0 Å². The van der Waals surface area contributed by atoms with Gasteiger partial charge in [0, 0.05) is 20.6 Å². The van der Waals surface area contributed by atoms with Crippen LogP contribution in [0.4, 0.5) is 4.79 Å². The molecule has 0 radical (unpaired) electrons. The molecular formula is C12H21N3O4. The zero-order valence-electron chi connectivity index (χ0n) is 11.6. The first-order valence-corrected chi connectivity index (χ1v) is 6.34. The van der Waals surface area contributed by atoms with Gasteiger partial charge < -0.3 is 20.2 Å². The third-order valence-electron chi connectivity index (χ3n) is 3.61. The predicted octanol–water partition coefficient (Wildman–Crippen LogP) is 0.113. The van der Waals surface area contributed by atoms with Crippen LogP contribution >= 0.6 is 0 Å². The number of carboxylic acid groups (broad SMARTS) is 1. The van der Waals surface area contributed by atoms with Crippen LogP contribution in [0.1, 0.15) is 26.2 Å². The zero-order valence-corrected chi connectivity index (χ0v) is 11.6. The molecule has 19 heavy (non-hydrogen) atoms. The van der Waals surface area contributed by atoms with E-state index in [0.717, 1.165) is 0 Å². The number of aliphatic carboxylic acids is 1. The Balaban J connectivity index is 2.70. The second-order valence-electron chi connectivity index (χ2n) is 4.89. The third-order valence-corrected chi connectivity index (χ3v) is 3.61. The maximum absolute atomic E-state index is 12.0. The maximum Gasteiger partial charge on any atom is 0.329 e. The predicted molar refractivity (Wildman–Crippen MR) is 68.7 cm³/mol. The van der Waals surface area contributed by atoms with Crippen molar-refractivity contribution >= 4 is 17.9 Å². The Morgan fingerprint density at radius 1 is 1.37 bits per heavy atom. The number of likely N-dealkylation sites (N-methyl/N-ethyl adjacent to an activating group) is 1. The van der Waals surface area contributed by atoms with Crippen molar-refractivity contribution in [2.45, 2.75) is 31.7 Å². The molecule has 0 aromatic carbocycles. The van der Waals surface area contributed by atoms with Gasteiger partial charge in [-0.2, -0.15) is 0 Å². The molecule has 108 valence electrons. The highest BCUT2D eigenvalue weighted by Crippen LogP contribution is 2.32. The van der Waals surface area contributed by atoms with Crippen LogP contribution in [0.2, 0.25) is 0 Å². The van der Waals surface area contributed by atoms with Gasteiger partial charge in [0.05, 0.1) is 6.54 Å². The molecule has 0 aliphatic carbocycles. The second kappa shape index (κ2) is 5.90. The van der Waals surface area contributed by atoms with E-state index in [1.54, 1.807) is 21.0 Å². The fourth-order valence-corrected chi connectivity index (χ4v) is 2.32. The minimum Gasteiger partial charge on any atom is -0.479 e. The number of amides is 3. The highest BCUT2D eigenvalue weighted by Gasteiger charge is 2.48. The summed E-state index contributed by atoms with van der Waals surface area (Å²) in [6.45, 7) is 2.04. The number of nitrogens with one attached hydrogen (secondary N) is 1. The number of carbonyl (C=O) groups is 3. The van der Waals surface area contributed by atoms with Crippen LogP contribution in [0.25, 0.3) is 0 Å². The molecule has 0 saturated carbocycles. The third kappa shape index (κ3) is 2.97. The van der Waals surface area contributed by atoms with Crippen LogP contribution in [0, 0.1) is 0 Å². The van der Waals surface area contributed by atoms with E-state index < -0.39 is 17.5 Å². The van der Waals surface area contributed by atoms with E-state index in [2.05, 4.69) is 5.32 Å². The van der Waals surface area contributed by atoms with Crippen molar-refractivity contribution in [3.05, 3.63) is 0 Å². The van der Waals surface area contributed by atoms with Crippen molar-refractivity contribution in [3.8, 4) is 0 Å². The lowest BCUT2D eigenvalue weighted by molar-refractivity contribution is -0.148. The van der Waals surface area contributed by atoms with Gasteiger partial charge in [0.1, 0.15) is 5.54 Å². The van der Waals surface area contributed by atoms with Crippen LogP contribution in [0.5, 0.6) is 0 Å². The Labute approximate surface area is 112 Å². The fourth-order valence-electron chi connectivity index (χ4n) is 2.32. The van der Waals surface area contributed by atoms with Gasteiger partial charge in [-0.1, -0.05) is 6.92 Å². The Bertz CT molecular complexity index is 383. The van der Waals surface area contributed by atoms with Gasteiger partial charge in [-0.05, 0) is 19.3 Å². The minimum atomic E-state index is -1.13. The van der Waals surface area contributed by atoms with Crippen molar-refractivity contribution in [1.82, 2.24) is 15.1 Å². The van der Waals surface area contributed by atoms with Gasteiger partial charge >= 0.3 is 12.0 Å². The lowest BCUT2D eigenvalue weighted by atomic mass is 9.93. The highest BCUT2D eigenvalue weighted by atomic mass is 16.4. The lowest BCUT2D eigenvalue weighted by Gasteiger charge is -2.33. The van der Waals surface area contributed by atoms with Crippen molar-refractivity contribution in [2.75, 3.05) is 27.2 Å². The van der Waals surface area contributed by atoms with Gasteiger partial charge in [-0.25, -0.2) is 9.59 Å². The van der Waals surface area contributed by atoms with Crippen molar-refractivity contribution in [1.29, 1.82) is 0 Å². The topological polar surface area (TPSA) is 90.0 Å². The molecule has 0 spiro atoms. The molecule has 1 atom stereocenters. The molecule has 1 saturated heterocycles. The van der Waals surface area contributed by atoms with Crippen molar-refractivity contribution in [2.24, 2.45) is 0 Å². The summed E-state index contributed by atoms with van der Waals surface area (Å²) in [4.78, 5) is 37.6. The number of carboxylic acids is 1. The maximum atomic E-state index is 12.0. The number of nitrogens with zero attached hydrogens (tertiary/aromatic N) is 2. The van der Waals surface area contributed by atoms with E-state index in [4.69, 9.17) is 0 Å². The molecule has 0 aromatic rings. The number of likely N-dealkylation sites (tertiary alicyclic amines) is 1. The summed E-state index contributed by atoms with van der Waals surface area (Å²) < 4.78 is 0. The smallest absolute Gasteiger partial charge is 0.329 e. The first kappa shape index (κ1) is 15.3. The Hall–Kier alpha value is -1.79. The quantitative estimate of drug-likeness (QED) is 0.759. The summed E-state index contributed by atoms with van der Waals surface area (Å²) in [7, 11) is 3.19. The van der Waals surface area contributed by atoms with Crippen LogP contribution < -0.4 is 5.32 Å². The molecule has 7 nitrogen and oxygen atoms in total. The van der Waals surface area contributed by atoms with E-state index in [9.17, 15) is 19.5 Å². The van der Waals surface area contributed by atoms with E-state index >= 15 is 0 Å². The molecule has 1 unspecified atom stereocenters. The summed E-state index contributed by atoms with van der Waals surface area (Å²) in [6.07, 6.45) is 1.47. The minimum absolute atomic E-state index is 0.123. The summed E-state index contributed by atoms with van der Waals surface area (Å²) in [5, 5.41) is 11.8. The van der Waals surface area contributed by atoms with Crippen molar-refractivity contribution in [3.63, 3.8) is 0 Å². The summed E-state index contributed by atoms with van der Waals surface area (Å²) in [5.74, 6) is -1.22. The van der Waals surface area contributed by atoms with Gasteiger partial charge in [0.2, 0.25) is 5.91 Å². The molecule has 1 aliphatic rings.